The highest BCUT2D eigenvalue weighted by Gasteiger charge is 2.44. The van der Waals surface area contributed by atoms with Gasteiger partial charge in [-0.25, -0.2) is 4.79 Å². The molecule has 3 heterocycles. The molecule has 0 radical (unpaired) electrons. The van der Waals surface area contributed by atoms with Crippen LogP contribution in [0.25, 0.3) is 0 Å². The molecular weight excluding hydrogens is 358 g/mol. The Morgan fingerprint density at radius 2 is 1.81 bits per heavy atom. The average molecular weight is 373 g/mol. The van der Waals surface area contributed by atoms with Crippen molar-refractivity contribution in [1.29, 1.82) is 0 Å². The lowest BCUT2D eigenvalue weighted by Crippen LogP contribution is -2.55. The topological polar surface area (TPSA) is 133 Å². The van der Waals surface area contributed by atoms with E-state index in [-0.39, 0.29) is 43.2 Å². The van der Waals surface area contributed by atoms with Crippen molar-refractivity contribution in [2.75, 3.05) is 13.1 Å². The molecule has 3 aliphatic rings. The van der Waals surface area contributed by atoms with Crippen molar-refractivity contribution in [3.8, 4) is 5.75 Å². The summed E-state index contributed by atoms with van der Waals surface area (Å²) in [5.41, 5.74) is 0.287. The van der Waals surface area contributed by atoms with Gasteiger partial charge in [0.05, 0.1) is 24.2 Å². The van der Waals surface area contributed by atoms with E-state index >= 15 is 0 Å². The number of nitrogens with one attached hydrogen (secondary N) is 1. The second-order valence-electron chi connectivity index (χ2n) is 6.58. The number of hydrogen-bond acceptors (Lipinski definition) is 6. The quantitative estimate of drug-likeness (QED) is 0.703. The lowest BCUT2D eigenvalue weighted by atomic mass is 10.0. The summed E-state index contributed by atoms with van der Waals surface area (Å²) in [6.45, 7) is 0.448. The molecule has 140 valence electrons. The molecule has 5 amide bonds. The van der Waals surface area contributed by atoms with Gasteiger partial charge >= 0.3 is 6.09 Å². The largest absolute Gasteiger partial charge is 0.487 e. The smallest absolute Gasteiger partial charge is 0.407 e. The highest BCUT2D eigenvalue weighted by Crippen LogP contribution is 2.31. The van der Waals surface area contributed by atoms with E-state index in [1.54, 1.807) is 0 Å². The summed E-state index contributed by atoms with van der Waals surface area (Å²) in [7, 11) is 0. The molecule has 2 fully saturated rings. The molecule has 10 heteroatoms. The number of nitrogens with zero attached hydrogens (tertiary/aromatic N) is 2. The summed E-state index contributed by atoms with van der Waals surface area (Å²) in [4.78, 5) is 61.4. The first-order valence-corrected chi connectivity index (χ1v) is 8.35. The molecule has 0 aliphatic carbocycles. The molecule has 0 saturated carbocycles. The number of carbonyl (C=O) groups is 5. The monoisotopic (exact) mass is 373 g/mol. The van der Waals surface area contributed by atoms with Gasteiger partial charge in [0, 0.05) is 6.42 Å². The van der Waals surface area contributed by atoms with E-state index in [0.717, 1.165) is 4.90 Å². The van der Waals surface area contributed by atoms with E-state index in [2.05, 4.69) is 5.32 Å². The Bertz CT molecular complexity index is 891. The Morgan fingerprint density at radius 3 is 2.48 bits per heavy atom. The number of carbonyl (C=O) groups excluding carboxylic acids is 4. The number of fused-ring (bicyclic) bond motifs is 1. The summed E-state index contributed by atoms with van der Waals surface area (Å²) >= 11 is 0. The summed E-state index contributed by atoms with van der Waals surface area (Å²) < 4.78 is 5.64. The fraction of sp³-hybridized carbons (Fsp3) is 0.353. The molecular formula is C17H15N3O7. The van der Waals surface area contributed by atoms with E-state index in [1.165, 1.54) is 23.1 Å². The minimum Gasteiger partial charge on any atom is -0.487 e. The fourth-order valence-electron chi connectivity index (χ4n) is 3.38. The van der Waals surface area contributed by atoms with Gasteiger partial charge in [-0.15, -0.1) is 0 Å². The molecule has 10 nitrogen and oxygen atoms in total. The zero-order valence-electron chi connectivity index (χ0n) is 14.0. The molecule has 0 aromatic heterocycles. The predicted molar refractivity (Wildman–Crippen MR) is 87.1 cm³/mol. The normalized spacial score (nSPS) is 22.4. The van der Waals surface area contributed by atoms with Gasteiger partial charge in [-0.3, -0.25) is 29.4 Å². The molecule has 1 atom stereocenters. The van der Waals surface area contributed by atoms with E-state index in [4.69, 9.17) is 9.84 Å². The zero-order valence-corrected chi connectivity index (χ0v) is 14.0. The second kappa shape index (κ2) is 6.08. The Labute approximate surface area is 152 Å². The third kappa shape index (κ3) is 2.78. The Morgan fingerprint density at radius 1 is 1.11 bits per heavy atom. The van der Waals surface area contributed by atoms with Crippen LogP contribution in [-0.4, -0.2) is 69.9 Å². The highest BCUT2D eigenvalue weighted by atomic mass is 16.5. The van der Waals surface area contributed by atoms with E-state index < -0.39 is 35.8 Å². The maximum absolute atomic E-state index is 12.7. The van der Waals surface area contributed by atoms with Crippen LogP contribution in [0, 0.1) is 0 Å². The highest BCUT2D eigenvalue weighted by molar-refractivity contribution is 6.23. The molecule has 2 saturated heterocycles. The van der Waals surface area contributed by atoms with E-state index in [1.807, 2.05) is 0 Å². The van der Waals surface area contributed by atoms with Gasteiger partial charge in [0.25, 0.3) is 11.8 Å². The van der Waals surface area contributed by atoms with E-state index in [0.29, 0.717) is 5.75 Å². The molecule has 4 rings (SSSR count). The van der Waals surface area contributed by atoms with Crippen LogP contribution in [-0.2, 0) is 9.59 Å². The first-order chi connectivity index (χ1) is 12.8. The number of ether oxygens (including phenoxy) is 1. The molecule has 1 unspecified atom stereocenters. The van der Waals surface area contributed by atoms with Crippen LogP contribution in [0.3, 0.4) is 0 Å². The number of amides is 5. The van der Waals surface area contributed by atoms with Crippen molar-refractivity contribution in [3.05, 3.63) is 29.3 Å². The molecule has 3 aliphatic heterocycles. The van der Waals surface area contributed by atoms with Gasteiger partial charge < -0.3 is 14.7 Å². The number of likely N-dealkylation sites (tertiary alicyclic amines) is 1. The van der Waals surface area contributed by atoms with Gasteiger partial charge in [0.2, 0.25) is 11.8 Å². The molecule has 27 heavy (non-hydrogen) atoms. The van der Waals surface area contributed by atoms with Crippen LogP contribution in [0.2, 0.25) is 0 Å². The average Bonchev–Trinajstić information content (AvgIpc) is 2.82. The maximum atomic E-state index is 12.7. The third-order valence-electron chi connectivity index (χ3n) is 4.83. The van der Waals surface area contributed by atoms with Gasteiger partial charge in [-0.1, -0.05) is 0 Å². The number of piperidine rings is 1. The summed E-state index contributed by atoms with van der Waals surface area (Å²) in [5.74, 6) is -1.96. The van der Waals surface area contributed by atoms with Crippen molar-refractivity contribution < 1.29 is 33.8 Å². The fourth-order valence-corrected chi connectivity index (χ4v) is 3.38. The van der Waals surface area contributed by atoms with Crippen LogP contribution in [0.4, 0.5) is 4.79 Å². The minimum atomic E-state index is -1.02. The number of carboxylic acid groups (broad SMARTS) is 1. The van der Waals surface area contributed by atoms with Crippen molar-refractivity contribution in [2.45, 2.75) is 25.0 Å². The number of rotatable bonds is 3. The molecule has 1 aromatic rings. The lowest BCUT2D eigenvalue weighted by molar-refractivity contribution is -0.136. The van der Waals surface area contributed by atoms with Crippen LogP contribution >= 0.6 is 0 Å². The lowest BCUT2D eigenvalue weighted by Gasteiger charge is -2.36. The van der Waals surface area contributed by atoms with Gasteiger partial charge in [0.15, 0.2) is 0 Å². The zero-order chi connectivity index (χ0) is 19.3. The second-order valence-corrected chi connectivity index (χ2v) is 6.58. The Hall–Kier alpha value is -3.43. The molecule has 2 N–H and O–H groups in total. The van der Waals surface area contributed by atoms with Gasteiger partial charge in [-0.2, -0.15) is 0 Å². The van der Waals surface area contributed by atoms with E-state index in [9.17, 15) is 24.0 Å². The van der Waals surface area contributed by atoms with Crippen LogP contribution < -0.4 is 10.1 Å². The van der Waals surface area contributed by atoms with Gasteiger partial charge in [0.1, 0.15) is 17.9 Å². The molecule has 0 bridgehead atoms. The number of imide groups is 2. The molecule has 0 spiro atoms. The standard InChI is InChI=1S/C17H15N3O7/c21-13-4-3-12(14(22)18-13)20-15(23)10-2-1-8(5-11(10)16(20)24)27-9-6-19(7-9)17(25)26/h1-2,5,9,12H,3-4,6-7H2,(H,25,26)(H,18,21,22). The number of benzene rings is 1. The third-order valence-corrected chi connectivity index (χ3v) is 4.83. The maximum Gasteiger partial charge on any atom is 0.407 e. The summed E-state index contributed by atoms with van der Waals surface area (Å²) in [6, 6.07) is 3.38. The van der Waals surface area contributed by atoms with Crippen molar-refractivity contribution in [1.82, 2.24) is 15.1 Å². The first kappa shape index (κ1) is 17.0. The van der Waals surface area contributed by atoms with Gasteiger partial charge in [-0.05, 0) is 24.6 Å². The van der Waals surface area contributed by atoms with Crippen molar-refractivity contribution in [3.63, 3.8) is 0 Å². The number of hydrogen-bond donors (Lipinski definition) is 2. The SMILES string of the molecule is O=C1CCC(N2C(=O)c3ccc(OC4CN(C(=O)O)C4)cc3C2=O)C(=O)N1. The van der Waals surface area contributed by atoms with Crippen LogP contribution in [0.15, 0.2) is 18.2 Å². The Kier molecular flexibility index (Phi) is 3.83. The molecule has 1 aromatic carbocycles. The first-order valence-electron chi connectivity index (χ1n) is 8.35. The summed E-state index contributed by atoms with van der Waals surface area (Å²) in [6.07, 6.45) is -1.20. The van der Waals surface area contributed by atoms with Crippen LogP contribution in [0.5, 0.6) is 5.75 Å². The van der Waals surface area contributed by atoms with Crippen LogP contribution in [0.1, 0.15) is 33.6 Å². The van der Waals surface area contributed by atoms with Crippen molar-refractivity contribution in [2.24, 2.45) is 0 Å². The summed E-state index contributed by atoms with van der Waals surface area (Å²) in [5, 5.41) is 11.0. The van der Waals surface area contributed by atoms with Crippen molar-refractivity contribution >= 4 is 29.7 Å². The minimum absolute atomic E-state index is 0.0555. The Balaban J connectivity index is 1.51. The predicted octanol–water partition coefficient (Wildman–Crippen LogP) is -0.171.